The molecule has 3 aromatic rings. The number of nitrogens with one attached hydrogen (secondary N) is 2. The molecule has 0 aliphatic carbocycles. The summed E-state index contributed by atoms with van der Waals surface area (Å²) in [7, 11) is 0. The average Bonchev–Trinajstić information content (AvgIpc) is 2.98. The van der Waals surface area contributed by atoms with Crippen molar-refractivity contribution in [2.24, 2.45) is 0 Å². The van der Waals surface area contributed by atoms with Gasteiger partial charge in [-0.15, -0.1) is 11.8 Å². The molecule has 1 aromatic heterocycles. The van der Waals surface area contributed by atoms with Gasteiger partial charge in [-0.2, -0.15) is 5.10 Å². The number of carbonyl (C=O) groups excluding carboxylic acids is 2. The van der Waals surface area contributed by atoms with Crippen molar-refractivity contribution in [1.29, 1.82) is 0 Å². The Balaban J connectivity index is 1.54. The lowest BCUT2D eigenvalue weighted by Gasteiger charge is -2.08. The van der Waals surface area contributed by atoms with E-state index in [2.05, 4.69) is 15.7 Å². The first kappa shape index (κ1) is 21.6. The van der Waals surface area contributed by atoms with E-state index in [0.717, 1.165) is 28.7 Å². The van der Waals surface area contributed by atoms with E-state index in [0.29, 0.717) is 11.4 Å². The predicted octanol–water partition coefficient (Wildman–Crippen LogP) is 4.25. The molecule has 30 heavy (non-hydrogen) atoms. The molecule has 156 valence electrons. The van der Waals surface area contributed by atoms with E-state index in [1.54, 1.807) is 16.8 Å². The Morgan fingerprint density at radius 2 is 1.60 bits per heavy atom. The van der Waals surface area contributed by atoms with Crippen molar-refractivity contribution in [3.8, 4) is 5.69 Å². The van der Waals surface area contributed by atoms with Gasteiger partial charge >= 0.3 is 0 Å². The number of amides is 2. The number of benzene rings is 2. The summed E-state index contributed by atoms with van der Waals surface area (Å²) < 4.78 is 15.4. The third-order valence-electron chi connectivity index (χ3n) is 4.45. The molecule has 0 fully saturated rings. The number of thioether (sulfide) groups is 1. The number of aromatic nitrogens is 2. The van der Waals surface area contributed by atoms with E-state index >= 15 is 0 Å². The van der Waals surface area contributed by atoms with Gasteiger partial charge in [0.25, 0.3) is 0 Å². The highest BCUT2D eigenvalue weighted by Crippen LogP contribution is 2.23. The molecule has 0 bridgehead atoms. The molecule has 3 rings (SSSR count). The van der Waals surface area contributed by atoms with E-state index in [1.807, 2.05) is 45.0 Å². The number of rotatable bonds is 7. The van der Waals surface area contributed by atoms with Crippen LogP contribution in [0.1, 0.15) is 17.0 Å². The Morgan fingerprint density at radius 1 is 0.967 bits per heavy atom. The van der Waals surface area contributed by atoms with Crippen molar-refractivity contribution < 1.29 is 14.0 Å². The van der Waals surface area contributed by atoms with Gasteiger partial charge in [-0.3, -0.25) is 9.59 Å². The van der Waals surface area contributed by atoms with E-state index in [4.69, 9.17) is 0 Å². The first-order valence-electron chi connectivity index (χ1n) is 9.40. The van der Waals surface area contributed by atoms with Crippen molar-refractivity contribution in [2.75, 3.05) is 22.1 Å². The van der Waals surface area contributed by atoms with Crippen molar-refractivity contribution >= 4 is 35.0 Å². The number of aryl methyl sites for hydroxylation is 2. The summed E-state index contributed by atoms with van der Waals surface area (Å²) in [6.07, 6.45) is 0. The van der Waals surface area contributed by atoms with Crippen molar-refractivity contribution in [2.45, 2.75) is 20.8 Å². The second-order valence-electron chi connectivity index (χ2n) is 6.86. The van der Waals surface area contributed by atoms with E-state index in [1.165, 1.54) is 12.1 Å². The summed E-state index contributed by atoms with van der Waals surface area (Å²) in [5.74, 6) is -0.947. The number of para-hydroxylation sites is 1. The summed E-state index contributed by atoms with van der Waals surface area (Å²) in [6.45, 7) is 5.75. The number of nitrogens with zero attached hydrogens (tertiary/aromatic N) is 2. The zero-order valence-corrected chi connectivity index (χ0v) is 17.8. The van der Waals surface area contributed by atoms with Crippen LogP contribution in [0.3, 0.4) is 0 Å². The third-order valence-corrected chi connectivity index (χ3v) is 5.38. The molecular formula is C22H23FN4O2S. The first-order chi connectivity index (χ1) is 14.3. The fourth-order valence-electron chi connectivity index (χ4n) is 2.92. The molecule has 0 saturated heterocycles. The zero-order chi connectivity index (χ0) is 21.7. The van der Waals surface area contributed by atoms with Gasteiger partial charge in [0.1, 0.15) is 5.82 Å². The second kappa shape index (κ2) is 9.58. The monoisotopic (exact) mass is 426 g/mol. The topological polar surface area (TPSA) is 76.0 Å². The molecule has 2 aromatic carbocycles. The maximum atomic E-state index is 13.6. The van der Waals surface area contributed by atoms with Gasteiger partial charge in [-0.1, -0.05) is 29.8 Å². The Morgan fingerprint density at radius 3 is 2.27 bits per heavy atom. The smallest absolute Gasteiger partial charge is 0.234 e. The average molecular weight is 427 g/mol. The number of halogens is 1. The summed E-state index contributed by atoms with van der Waals surface area (Å²) in [5.41, 5.74) is 4.40. The summed E-state index contributed by atoms with van der Waals surface area (Å²) >= 11 is 1.16. The molecule has 0 atom stereocenters. The molecule has 0 unspecified atom stereocenters. The van der Waals surface area contributed by atoms with Gasteiger partial charge in [0.2, 0.25) is 11.8 Å². The van der Waals surface area contributed by atoms with Crippen LogP contribution in [0.5, 0.6) is 0 Å². The lowest BCUT2D eigenvalue weighted by Crippen LogP contribution is -2.19. The minimum absolute atomic E-state index is 0.0440. The largest absolute Gasteiger partial charge is 0.323 e. The van der Waals surface area contributed by atoms with E-state index in [-0.39, 0.29) is 29.0 Å². The molecule has 2 amide bonds. The number of hydrogen-bond donors (Lipinski definition) is 2. The summed E-state index contributed by atoms with van der Waals surface area (Å²) in [4.78, 5) is 24.3. The Labute approximate surface area is 178 Å². The van der Waals surface area contributed by atoms with Gasteiger partial charge < -0.3 is 10.6 Å². The van der Waals surface area contributed by atoms with Crippen LogP contribution >= 0.6 is 11.8 Å². The normalized spacial score (nSPS) is 10.7. The molecule has 1 heterocycles. The van der Waals surface area contributed by atoms with E-state index < -0.39 is 5.82 Å². The minimum Gasteiger partial charge on any atom is -0.323 e. The van der Waals surface area contributed by atoms with Gasteiger partial charge in [-0.05, 0) is 45.0 Å². The molecule has 2 N–H and O–H groups in total. The minimum atomic E-state index is -0.495. The SMILES string of the molecule is Cc1ccc(-n2nc(C)c(NC(=O)CSCC(=O)Nc3ccccc3F)c2C)cc1. The van der Waals surface area contributed by atoms with Crippen molar-refractivity contribution in [3.05, 3.63) is 71.3 Å². The molecule has 6 nitrogen and oxygen atoms in total. The fraction of sp³-hybridized carbons (Fsp3) is 0.227. The lowest BCUT2D eigenvalue weighted by atomic mass is 10.2. The highest BCUT2D eigenvalue weighted by Gasteiger charge is 2.16. The predicted molar refractivity (Wildman–Crippen MR) is 119 cm³/mol. The second-order valence-corrected chi connectivity index (χ2v) is 7.85. The standard InChI is InChI=1S/C22H23FN4O2S/c1-14-8-10-17(11-9-14)27-16(3)22(15(2)26-27)25-21(29)13-30-12-20(28)24-19-7-5-4-6-18(19)23/h4-11H,12-13H2,1-3H3,(H,24,28)(H,25,29). The number of carbonyl (C=O) groups is 2. The molecule has 0 aliphatic heterocycles. The molecule has 0 radical (unpaired) electrons. The third kappa shape index (κ3) is 5.27. The van der Waals surface area contributed by atoms with Crippen LogP contribution in [0.15, 0.2) is 48.5 Å². The fourth-order valence-corrected chi connectivity index (χ4v) is 3.54. The van der Waals surface area contributed by atoms with Gasteiger partial charge in [0.15, 0.2) is 0 Å². The van der Waals surface area contributed by atoms with Gasteiger partial charge in [0, 0.05) is 0 Å². The van der Waals surface area contributed by atoms with Crippen LogP contribution in [0.25, 0.3) is 5.69 Å². The molecular weight excluding hydrogens is 403 g/mol. The molecule has 8 heteroatoms. The van der Waals surface area contributed by atoms with Crippen LogP contribution in [-0.4, -0.2) is 33.1 Å². The Hall–Kier alpha value is -3.13. The maximum absolute atomic E-state index is 13.6. The van der Waals surface area contributed by atoms with Gasteiger partial charge in [-0.25, -0.2) is 9.07 Å². The van der Waals surface area contributed by atoms with Gasteiger partial charge in [0.05, 0.1) is 40.0 Å². The summed E-state index contributed by atoms with van der Waals surface area (Å²) in [5, 5.41) is 9.90. The maximum Gasteiger partial charge on any atom is 0.234 e. The van der Waals surface area contributed by atoms with Crippen LogP contribution in [0, 0.1) is 26.6 Å². The summed E-state index contributed by atoms with van der Waals surface area (Å²) in [6, 6.07) is 13.9. The van der Waals surface area contributed by atoms with Crippen molar-refractivity contribution in [1.82, 2.24) is 9.78 Å². The Kier molecular flexibility index (Phi) is 6.89. The highest BCUT2D eigenvalue weighted by molar-refractivity contribution is 8.00. The van der Waals surface area contributed by atoms with Crippen molar-refractivity contribution in [3.63, 3.8) is 0 Å². The lowest BCUT2D eigenvalue weighted by molar-refractivity contribution is -0.114. The highest BCUT2D eigenvalue weighted by atomic mass is 32.2. The van der Waals surface area contributed by atoms with Crippen LogP contribution in [0.2, 0.25) is 0 Å². The first-order valence-corrected chi connectivity index (χ1v) is 10.6. The van der Waals surface area contributed by atoms with Crippen LogP contribution in [0.4, 0.5) is 15.8 Å². The molecule has 0 aliphatic rings. The number of anilines is 2. The molecule has 0 saturated carbocycles. The Bertz CT molecular complexity index is 1060. The van der Waals surface area contributed by atoms with Crippen LogP contribution < -0.4 is 10.6 Å². The number of hydrogen-bond acceptors (Lipinski definition) is 4. The quantitative estimate of drug-likeness (QED) is 0.592. The molecule has 0 spiro atoms. The zero-order valence-electron chi connectivity index (χ0n) is 17.0. The van der Waals surface area contributed by atoms with E-state index in [9.17, 15) is 14.0 Å². The van der Waals surface area contributed by atoms with Crippen LogP contribution in [-0.2, 0) is 9.59 Å².